The van der Waals surface area contributed by atoms with E-state index in [4.69, 9.17) is 0 Å². The van der Waals surface area contributed by atoms with Crippen LogP contribution in [0.25, 0.3) is 0 Å². The van der Waals surface area contributed by atoms with Crippen LogP contribution in [0.2, 0.25) is 0 Å². The van der Waals surface area contributed by atoms with Crippen LogP contribution in [0.4, 0.5) is 5.69 Å². The molecular formula is C21H28N4O3S. The normalized spacial score (nSPS) is 20.9. The van der Waals surface area contributed by atoms with Crippen LogP contribution in [0.15, 0.2) is 47.5 Å². The fraction of sp³-hybridized carbons (Fsp3) is 0.476. The largest absolute Gasteiger partial charge is 0.353 e. The zero-order valence-corrected chi connectivity index (χ0v) is 17.6. The van der Waals surface area contributed by atoms with Crippen LogP contribution in [-0.4, -0.2) is 54.3 Å². The van der Waals surface area contributed by atoms with Gasteiger partial charge in [0.2, 0.25) is 15.9 Å². The maximum atomic E-state index is 12.6. The van der Waals surface area contributed by atoms with Gasteiger partial charge in [-0.1, -0.05) is 0 Å². The van der Waals surface area contributed by atoms with Crippen LogP contribution >= 0.6 is 0 Å². The van der Waals surface area contributed by atoms with Crippen LogP contribution in [0, 0.1) is 0 Å². The number of amides is 1. The summed E-state index contributed by atoms with van der Waals surface area (Å²) in [5.74, 6) is -0.0822. The van der Waals surface area contributed by atoms with Gasteiger partial charge in [-0.2, -0.15) is 4.31 Å². The van der Waals surface area contributed by atoms with E-state index in [1.165, 1.54) is 10.00 Å². The molecule has 1 atom stereocenters. The minimum absolute atomic E-state index is 0.0822. The van der Waals surface area contributed by atoms with Gasteiger partial charge in [0.1, 0.15) is 0 Å². The SMILES string of the molecule is Cn1cccc1[C@@H]1CCCN1CC(=O)Nc1ccc(S(=O)(=O)N2CCCC2)cc1. The Hall–Kier alpha value is -2.16. The second-order valence-electron chi connectivity index (χ2n) is 7.86. The standard InChI is InChI=1S/C21H28N4O3S/c1-23-12-4-6-19(23)20-7-5-13-24(20)16-21(26)22-17-8-10-18(11-9-17)29(27,28)25-14-2-3-15-25/h4,6,8-12,20H,2-3,5,7,13-16H2,1H3,(H,22,26)/t20-/m0/s1. The molecule has 0 radical (unpaired) electrons. The van der Waals surface area contributed by atoms with E-state index in [1.54, 1.807) is 24.3 Å². The Morgan fingerprint density at radius 1 is 1.07 bits per heavy atom. The minimum Gasteiger partial charge on any atom is -0.353 e. The number of aryl methyl sites for hydroxylation is 1. The first-order chi connectivity index (χ1) is 13.9. The molecule has 0 saturated carbocycles. The summed E-state index contributed by atoms with van der Waals surface area (Å²) in [7, 11) is -1.40. The lowest BCUT2D eigenvalue weighted by Crippen LogP contribution is -2.33. The first-order valence-electron chi connectivity index (χ1n) is 10.2. The quantitative estimate of drug-likeness (QED) is 0.785. The van der Waals surface area contributed by atoms with Gasteiger partial charge in [-0.05, 0) is 68.6 Å². The lowest BCUT2D eigenvalue weighted by Gasteiger charge is -2.24. The summed E-state index contributed by atoms with van der Waals surface area (Å²) in [6.07, 6.45) is 5.98. The van der Waals surface area contributed by atoms with Crippen LogP contribution in [0.1, 0.15) is 37.4 Å². The highest BCUT2D eigenvalue weighted by atomic mass is 32.2. The average molecular weight is 417 g/mol. The van der Waals surface area contributed by atoms with Crippen molar-refractivity contribution < 1.29 is 13.2 Å². The fourth-order valence-corrected chi connectivity index (χ4v) is 5.86. The molecule has 2 aliphatic rings. The Kier molecular flexibility index (Phi) is 5.76. The molecule has 8 heteroatoms. The molecule has 1 amide bonds. The lowest BCUT2D eigenvalue weighted by molar-refractivity contribution is -0.117. The topological polar surface area (TPSA) is 74.6 Å². The number of hydrogen-bond acceptors (Lipinski definition) is 4. The molecular weight excluding hydrogens is 388 g/mol. The van der Waals surface area contributed by atoms with E-state index in [1.807, 2.05) is 19.3 Å². The van der Waals surface area contributed by atoms with E-state index in [0.29, 0.717) is 25.3 Å². The van der Waals surface area contributed by atoms with Crippen LogP contribution in [0.5, 0.6) is 0 Å². The van der Waals surface area contributed by atoms with Gasteiger partial charge in [-0.15, -0.1) is 0 Å². The minimum atomic E-state index is -3.43. The number of carbonyl (C=O) groups excluding carboxylic acids is 1. The van der Waals surface area contributed by atoms with Crippen molar-refractivity contribution in [2.24, 2.45) is 7.05 Å². The Labute approximate surface area is 172 Å². The van der Waals surface area contributed by atoms with Gasteiger partial charge in [0.05, 0.1) is 17.5 Å². The van der Waals surface area contributed by atoms with E-state index in [-0.39, 0.29) is 16.8 Å². The predicted molar refractivity (Wildman–Crippen MR) is 112 cm³/mol. The van der Waals surface area contributed by atoms with Gasteiger partial charge < -0.3 is 9.88 Å². The molecule has 7 nitrogen and oxygen atoms in total. The van der Waals surface area contributed by atoms with Crippen LogP contribution in [-0.2, 0) is 21.9 Å². The monoisotopic (exact) mass is 416 g/mol. The highest BCUT2D eigenvalue weighted by Crippen LogP contribution is 2.31. The van der Waals surface area contributed by atoms with E-state index in [2.05, 4.69) is 20.9 Å². The van der Waals surface area contributed by atoms with Gasteiger partial charge in [-0.3, -0.25) is 9.69 Å². The number of anilines is 1. The van der Waals surface area contributed by atoms with Crippen molar-refractivity contribution in [3.63, 3.8) is 0 Å². The number of carbonyl (C=O) groups is 1. The van der Waals surface area contributed by atoms with Crippen molar-refractivity contribution in [3.8, 4) is 0 Å². The van der Waals surface area contributed by atoms with Gasteiger partial charge in [-0.25, -0.2) is 8.42 Å². The number of hydrogen-bond donors (Lipinski definition) is 1. The fourth-order valence-electron chi connectivity index (χ4n) is 4.34. The third-order valence-corrected chi connectivity index (χ3v) is 7.79. The molecule has 1 aromatic heterocycles. The molecule has 156 valence electrons. The van der Waals surface area contributed by atoms with E-state index in [0.717, 1.165) is 32.2 Å². The number of benzene rings is 1. The van der Waals surface area contributed by atoms with Crippen molar-refractivity contribution in [1.82, 2.24) is 13.8 Å². The Bertz CT molecular complexity index is 962. The van der Waals surface area contributed by atoms with Gasteiger partial charge >= 0.3 is 0 Å². The Morgan fingerprint density at radius 3 is 2.45 bits per heavy atom. The number of nitrogens with one attached hydrogen (secondary N) is 1. The van der Waals surface area contributed by atoms with Crippen molar-refractivity contribution in [1.29, 1.82) is 0 Å². The zero-order valence-electron chi connectivity index (χ0n) is 16.8. The number of sulfonamides is 1. The smallest absolute Gasteiger partial charge is 0.243 e. The molecule has 2 aromatic rings. The maximum absolute atomic E-state index is 12.6. The molecule has 2 fully saturated rings. The Morgan fingerprint density at radius 2 is 1.79 bits per heavy atom. The summed E-state index contributed by atoms with van der Waals surface area (Å²) < 4.78 is 28.8. The van der Waals surface area contributed by atoms with E-state index in [9.17, 15) is 13.2 Å². The second kappa shape index (κ2) is 8.30. The molecule has 4 rings (SSSR count). The van der Waals surface area contributed by atoms with Gasteiger partial charge in [0.25, 0.3) is 0 Å². The summed E-state index contributed by atoms with van der Waals surface area (Å²) >= 11 is 0. The van der Waals surface area contributed by atoms with E-state index >= 15 is 0 Å². The number of aromatic nitrogens is 1. The predicted octanol–water partition coefficient (Wildman–Crippen LogP) is 2.59. The van der Waals surface area contributed by atoms with Gasteiger partial charge in [0, 0.05) is 37.7 Å². The molecule has 0 aliphatic carbocycles. The van der Waals surface area contributed by atoms with Crippen molar-refractivity contribution >= 4 is 21.6 Å². The molecule has 1 aromatic carbocycles. The summed E-state index contributed by atoms with van der Waals surface area (Å²) in [6, 6.07) is 10.9. The summed E-state index contributed by atoms with van der Waals surface area (Å²) in [6.45, 7) is 2.39. The average Bonchev–Trinajstić information content (AvgIpc) is 3.44. The maximum Gasteiger partial charge on any atom is 0.243 e. The first-order valence-corrected chi connectivity index (χ1v) is 11.6. The molecule has 2 saturated heterocycles. The van der Waals surface area contributed by atoms with E-state index < -0.39 is 10.0 Å². The van der Waals surface area contributed by atoms with Crippen LogP contribution in [0.3, 0.4) is 0 Å². The highest BCUT2D eigenvalue weighted by Gasteiger charge is 2.29. The molecule has 29 heavy (non-hydrogen) atoms. The lowest BCUT2D eigenvalue weighted by atomic mass is 10.1. The molecule has 3 heterocycles. The molecule has 0 spiro atoms. The van der Waals surface area contributed by atoms with Gasteiger partial charge in [0.15, 0.2) is 0 Å². The van der Waals surface area contributed by atoms with Crippen molar-refractivity contribution in [2.75, 3.05) is 31.5 Å². The highest BCUT2D eigenvalue weighted by molar-refractivity contribution is 7.89. The zero-order chi connectivity index (χ0) is 20.4. The molecule has 0 unspecified atom stereocenters. The number of rotatable bonds is 6. The molecule has 1 N–H and O–H groups in total. The number of likely N-dealkylation sites (tertiary alicyclic amines) is 1. The van der Waals surface area contributed by atoms with Crippen molar-refractivity contribution in [3.05, 3.63) is 48.3 Å². The first kappa shape index (κ1) is 20.1. The number of nitrogens with zero attached hydrogens (tertiary/aromatic N) is 3. The summed E-state index contributed by atoms with van der Waals surface area (Å²) in [4.78, 5) is 15.1. The molecule has 0 bridgehead atoms. The molecule has 2 aliphatic heterocycles. The summed E-state index contributed by atoms with van der Waals surface area (Å²) in [5.41, 5.74) is 1.84. The second-order valence-corrected chi connectivity index (χ2v) is 9.79. The third kappa shape index (κ3) is 4.24. The van der Waals surface area contributed by atoms with Crippen molar-refractivity contribution in [2.45, 2.75) is 36.6 Å². The van der Waals surface area contributed by atoms with Crippen LogP contribution < -0.4 is 5.32 Å². The third-order valence-electron chi connectivity index (χ3n) is 5.88. The summed E-state index contributed by atoms with van der Waals surface area (Å²) in [5, 5.41) is 2.90. The Balaban J connectivity index is 1.38.